The van der Waals surface area contributed by atoms with Crippen LogP contribution in [-0.2, 0) is 5.60 Å². The van der Waals surface area contributed by atoms with Crippen LogP contribution in [0.5, 0.6) is 5.75 Å². The molecule has 0 aliphatic heterocycles. The maximum atomic E-state index is 10.8. The number of benzene rings is 3. The van der Waals surface area contributed by atoms with Gasteiger partial charge in [0.05, 0.1) is 22.7 Å². The Morgan fingerprint density at radius 3 is 2.27 bits per heavy atom. The monoisotopic (exact) mass is 438 g/mol. The van der Waals surface area contributed by atoms with E-state index in [-0.39, 0.29) is 6.10 Å². The van der Waals surface area contributed by atoms with Crippen LogP contribution in [0, 0.1) is 0 Å². The van der Waals surface area contributed by atoms with Crippen molar-refractivity contribution in [2.24, 2.45) is 0 Å². The van der Waals surface area contributed by atoms with E-state index in [1.165, 1.54) is 0 Å². The summed E-state index contributed by atoms with van der Waals surface area (Å²) in [5.74, 6) is 1.71. The third-order valence-electron chi connectivity index (χ3n) is 6.35. The molecule has 1 aromatic heterocycles. The summed E-state index contributed by atoms with van der Waals surface area (Å²) in [6, 6.07) is 22.6. The number of imidazole rings is 1. The molecule has 1 heterocycles. The minimum atomic E-state index is -0.632. The maximum Gasteiger partial charge on any atom is 0.138 e. The average molecular weight is 439 g/mol. The molecule has 0 saturated heterocycles. The molecule has 168 valence electrons. The zero-order valence-corrected chi connectivity index (χ0v) is 19.2. The van der Waals surface area contributed by atoms with Gasteiger partial charge in [0.2, 0.25) is 0 Å². The first kappa shape index (κ1) is 21.5. The number of nitrogens with zero attached hydrogens (tertiary/aromatic N) is 1. The number of hydrogen-bond donors (Lipinski definition) is 2. The molecule has 0 amide bonds. The first-order chi connectivity index (χ1) is 16.0. The van der Waals surface area contributed by atoms with E-state index in [9.17, 15) is 5.11 Å². The van der Waals surface area contributed by atoms with Crippen molar-refractivity contribution in [3.8, 4) is 17.1 Å². The van der Waals surface area contributed by atoms with Crippen LogP contribution >= 0.6 is 0 Å². The number of aromatic nitrogens is 2. The van der Waals surface area contributed by atoms with E-state index in [1.807, 2.05) is 38.1 Å². The van der Waals surface area contributed by atoms with E-state index in [4.69, 9.17) is 9.72 Å². The topological polar surface area (TPSA) is 58.1 Å². The summed E-state index contributed by atoms with van der Waals surface area (Å²) >= 11 is 0. The van der Waals surface area contributed by atoms with Gasteiger partial charge in [0, 0.05) is 5.56 Å². The number of nitrogens with one attached hydrogen (secondary N) is 1. The highest BCUT2D eigenvalue weighted by molar-refractivity contribution is 5.83. The van der Waals surface area contributed by atoms with Gasteiger partial charge in [-0.25, -0.2) is 4.98 Å². The van der Waals surface area contributed by atoms with Gasteiger partial charge < -0.3 is 14.8 Å². The fraction of sp³-hybridized carbons (Fsp3) is 0.276. The lowest BCUT2D eigenvalue weighted by molar-refractivity contribution is 0.0445. The van der Waals surface area contributed by atoms with Gasteiger partial charge in [-0.2, -0.15) is 0 Å². The number of rotatable bonds is 6. The highest BCUT2D eigenvalue weighted by atomic mass is 16.5. The molecule has 4 aromatic rings. The lowest BCUT2D eigenvalue weighted by atomic mass is 9.91. The lowest BCUT2D eigenvalue weighted by Gasteiger charge is -2.22. The van der Waals surface area contributed by atoms with E-state index >= 15 is 0 Å². The summed E-state index contributed by atoms with van der Waals surface area (Å²) in [6.45, 7) is 4.05. The Bertz CT molecular complexity index is 1260. The second-order valence-electron chi connectivity index (χ2n) is 9.25. The van der Waals surface area contributed by atoms with E-state index < -0.39 is 5.60 Å². The Hall–Kier alpha value is -3.37. The molecule has 1 fully saturated rings. The Kier molecular flexibility index (Phi) is 5.77. The third-order valence-corrected chi connectivity index (χ3v) is 6.35. The minimum absolute atomic E-state index is 0.157. The molecule has 0 radical (unpaired) electrons. The van der Waals surface area contributed by atoms with E-state index in [0.717, 1.165) is 70.5 Å². The van der Waals surface area contributed by atoms with Crippen molar-refractivity contribution >= 4 is 23.2 Å². The molecule has 0 spiro atoms. The van der Waals surface area contributed by atoms with Crippen LogP contribution in [0.4, 0.5) is 0 Å². The predicted octanol–water partition coefficient (Wildman–Crippen LogP) is 6.95. The number of fused-ring (bicyclic) bond motifs is 1. The van der Waals surface area contributed by atoms with Crippen molar-refractivity contribution in [1.82, 2.24) is 9.97 Å². The molecule has 0 bridgehead atoms. The highest BCUT2D eigenvalue weighted by Crippen LogP contribution is 2.38. The van der Waals surface area contributed by atoms with Crippen molar-refractivity contribution in [2.45, 2.75) is 51.2 Å². The van der Waals surface area contributed by atoms with Crippen molar-refractivity contribution < 1.29 is 9.84 Å². The van der Waals surface area contributed by atoms with Crippen molar-refractivity contribution in [3.63, 3.8) is 0 Å². The van der Waals surface area contributed by atoms with Crippen LogP contribution in [0.3, 0.4) is 0 Å². The summed E-state index contributed by atoms with van der Waals surface area (Å²) in [5.41, 5.74) is 5.60. The molecule has 0 unspecified atom stereocenters. The third kappa shape index (κ3) is 4.71. The number of H-pyrrole nitrogens is 1. The van der Waals surface area contributed by atoms with Crippen LogP contribution in [-0.4, -0.2) is 21.2 Å². The fourth-order valence-electron chi connectivity index (χ4n) is 4.57. The summed E-state index contributed by atoms with van der Waals surface area (Å²) in [5, 5.41) is 10.8. The summed E-state index contributed by atoms with van der Waals surface area (Å²) in [7, 11) is 0. The SMILES string of the molecule is CC(C)Oc1ccc(-c2nc3cc(/C=C\c4ccc(C5(O)CCCC5)cc4)ccc3[nH]2)cc1. The largest absolute Gasteiger partial charge is 0.491 e. The molecular formula is C29H30N2O2. The van der Waals surface area contributed by atoms with Crippen molar-refractivity contribution in [1.29, 1.82) is 0 Å². The summed E-state index contributed by atoms with van der Waals surface area (Å²) in [4.78, 5) is 8.20. The Balaban J connectivity index is 1.32. The van der Waals surface area contributed by atoms with E-state index in [2.05, 4.69) is 59.6 Å². The van der Waals surface area contributed by atoms with Gasteiger partial charge in [-0.05, 0) is 79.8 Å². The Morgan fingerprint density at radius 2 is 1.58 bits per heavy atom. The second-order valence-corrected chi connectivity index (χ2v) is 9.25. The molecule has 0 atom stereocenters. The Morgan fingerprint density at radius 1 is 0.909 bits per heavy atom. The first-order valence-corrected chi connectivity index (χ1v) is 11.8. The van der Waals surface area contributed by atoms with Gasteiger partial charge in [-0.15, -0.1) is 0 Å². The Labute approximate surface area is 195 Å². The average Bonchev–Trinajstić information content (AvgIpc) is 3.45. The molecule has 3 aromatic carbocycles. The fourth-order valence-corrected chi connectivity index (χ4v) is 4.57. The van der Waals surface area contributed by atoms with Crippen LogP contribution in [0.25, 0.3) is 34.6 Å². The minimum Gasteiger partial charge on any atom is -0.491 e. The lowest BCUT2D eigenvalue weighted by Crippen LogP contribution is -2.20. The first-order valence-electron chi connectivity index (χ1n) is 11.8. The zero-order valence-electron chi connectivity index (χ0n) is 19.2. The van der Waals surface area contributed by atoms with Gasteiger partial charge in [0.1, 0.15) is 11.6 Å². The predicted molar refractivity (Wildman–Crippen MR) is 135 cm³/mol. The van der Waals surface area contributed by atoms with Gasteiger partial charge >= 0.3 is 0 Å². The molecule has 2 N–H and O–H groups in total. The summed E-state index contributed by atoms with van der Waals surface area (Å²) < 4.78 is 5.73. The van der Waals surface area contributed by atoms with Gasteiger partial charge in [0.15, 0.2) is 0 Å². The molecule has 33 heavy (non-hydrogen) atoms. The van der Waals surface area contributed by atoms with Crippen molar-refractivity contribution in [2.75, 3.05) is 0 Å². The number of ether oxygens (including phenoxy) is 1. The van der Waals surface area contributed by atoms with Gasteiger partial charge in [-0.1, -0.05) is 55.3 Å². The van der Waals surface area contributed by atoms with Crippen molar-refractivity contribution in [3.05, 3.63) is 83.4 Å². The van der Waals surface area contributed by atoms with Gasteiger partial charge in [-0.3, -0.25) is 0 Å². The molecule has 4 heteroatoms. The normalized spacial score (nSPS) is 15.6. The van der Waals surface area contributed by atoms with E-state index in [0.29, 0.717) is 0 Å². The van der Waals surface area contributed by atoms with Crippen LogP contribution < -0.4 is 4.74 Å². The molecule has 4 nitrogen and oxygen atoms in total. The molecule has 1 aliphatic rings. The number of aromatic amines is 1. The van der Waals surface area contributed by atoms with Crippen LogP contribution in [0.1, 0.15) is 56.2 Å². The molecule has 5 rings (SSSR count). The highest BCUT2D eigenvalue weighted by Gasteiger charge is 2.32. The second kappa shape index (κ2) is 8.87. The molecule has 1 aliphatic carbocycles. The quantitative estimate of drug-likeness (QED) is 0.320. The summed E-state index contributed by atoms with van der Waals surface area (Å²) in [6.07, 6.45) is 8.30. The van der Waals surface area contributed by atoms with E-state index in [1.54, 1.807) is 0 Å². The number of hydrogen-bond acceptors (Lipinski definition) is 3. The molecule has 1 saturated carbocycles. The maximum absolute atomic E-state index is 10.8. The zero-order chi connectivity index (χ0) is 22.8. The number of aliphatic hydroxyl groups is 1. The standard InChI is InChI=1S/C29H30N2O2/c1-20(2)33-25-14-10-23(11-15-25)28-30-26-16-9-22(19-27(26)31-28)6-5-21-7-12-24(13-8-21)29(32)17-3-4-18-29/h5-16,19-20,32H,3-4,17-18H2,1-2H3,(H,30,31)/b6-5-. The smallest absolute Gasteiger partial charge is 0.138 e. The van der Waals surface area contributed by atoms with Crippen LogP contribution in [0.15, 0.2) is 66.7 Å². The van der Waals surface area contributed by atoms with Gasteiger partial charge in [0.25, 0.3) is 0 Å². The molecular weight excluding hydrogens is 408 g/mol. The van der Waals surface area contributed by atoms with Crippen LogP contribution in [0.2, 0.25) is 0 Å².